The number of rotatable bonds is 2. The lowest BCUT2D eigenvalue weighted by Gasteiger charge is -2.10. The van der Waals surface area contributed by atoms with Gasteiger partial charge in [-0.05, 0) is 23.6 Å². The first-order valence-electron chi connectivity index (χ1n) is 5.50. The number of carbonyl (C=O) groups excluding carboxylic acids is 1. The molecule has 0 radical (unpaired) electrons. The van der Waals surface area contributed by atoms with Crippen molar-refractivity contribution in [2.45, 2.75) is 26.7 Å². The molecule has 16 heavy (non-hydrogen) atoms. The summed E-state index contributed by atoms with van der Waals surface area (Å²) < 4.78 is 0. The van der Waals surface area contributed by atoms with Crippen LogP contribution in [0.25, 0.3) is 10.9 Å². The van der Waals surface area contributed by atoms with E-state index in [4.69, 9.17) is 0 Å². The van der Waals surface area contributed by atoms with E-state index in [1.165, 1.54) is 5.56 Å². The molecular formula is C14H15NO. The molecule has 0 N–H and O–H groups in total. The third-order valence-corrected chi connectivity index (χ3v) is 2.73. The Morgan fingerprint density at radius 3 is 2.56 bits per heavy atom. The SMILES string of the molecule is CC(=O)c1cc(C(C)C)c2ccccc2n1. The normalized spacial score (nSPS) is 11.0. The molecule has 0 atom stereocenters. The Morgan fingerprint density at radius 1 is 1.25 bits per heavy atom. The number of hydrogen-bond donors (Lipinski definition) is 0. The highest BCUT2D eigenvalue weighted by Crippen LogP contribution is 2.25. The number of benzene rings is 1. The van der Waals surface area contributed by atoms with E-state index in [1.807, 2.05) is 24.3 Å². The largest absolute Gasteiger partial charge is 0.293 e. The number of hydrogen-bond acceptors (Lipinski definition) is 2. The lowest BCUT2D eigenvalue weighted by atomic mass is 9.97. The van der Waals surface area contributed by atoms with Gasteiger partial charge in [0.15, 0.2) is 5.78 Å². The monoisotopic (exact) mass is 213 g/mol. The highest BCUT2D eigenvalue weighted by Gasteiger charge is 2.10. The minimum absolute atomic E-state index is 0.0210. The van der Waals surface area contributed by atoms with Crippen LogP contribution in [-0.2, 0) is 0 Å². The predicted molar refractivity (Wildman–Crippen MR) is 65.8 cm³/mol. The molecule has 0 aliphatic rings. The van der Waals surface area contributed by atoms with E-state index in [2.05, 4.69) is 24.9 Å². The van der Waals surface area contributed by atoms with Gasteiger partial charge in [0.25, 0.3) is 0 Å². The second-order valence-electron chi connectivity index (χ2n) is 4.32. The van der Waals surface area contributed by atoms with E-state index < -0.39 is 0 Å². The fraction of sp³-hybridized carbons (Fsp3) is 0.286. The second-order valence-corrected chi connectivity index (χ2v) is 4.32. The summed E-state index contributed by atoms with van der Waals surface area (Å²) in [7, 11) is 0. The summed E-state index contributed by atoms with van der Waals surface area (Å²) >= 11 is 0. The molecule has 82 valence electrons. The highest BCUT2D eigenvalue weighted by molar-refractivity contribution is 5.95. The first-order chi connectivity index (χ1) is 7.59. The Kier molecular flexibility index (Phi) is 2.73. The van der Waals surface area contributed by atoms with Crippen LogP contribution in [0, 0.1) is 0 Å². The average molecular weight is 213 g/mol. The number of aromatic nitrogens is 1. The van der Waals surface area contributed by atoms with Crippen molar-refractivity contribution in [3.05, 3.63) is 41.6 Å². The van der Waals surface area contributed by atoms with E-state index >= 15 is 0 Å². The van der Waals surface area contributed by atoms with Gasteiger partial charge in [-0.25, -0.2) is 4.98 Å². The third-order valence-electron chi connectivity index (χ3n) is 2.73. The van der Waals surface area contributed by atoms with Crippen molar-refractivity contribution in [3.8, 4) is 0 Å². The Bertz CT molecular complexity index is 543. The molecule has 2 aromatic rings. The second kappa shape index (κ2) is 4.05. The molecule has 0 spiro atoms. The molecule has 0 saturated heterocycles. The minimum Gasteiger partial charge on any atom is -0.293 e. The fourth-order valence-electron chi connectivity index (χ4n) is 1.86. The molecule has 0 saturated carbocycles. The molecule has 2 rings (SSSR count). The maximum Gasteiger partial charge on any atom is 0.178 e. The van der Waals surface area contributed by atoms with Crippen LogP contribution < -0.4 is 0 Å². The third kappa shape index (κ3) is 1.83. The smallest absolute Gasteiger partial charge is 0.178 e. The number of ketones is 1. The summed E-state index contributed by atoms with van der Waals surface area (Å²) in [6, 6.07) is 9.87. The van der Waals surface area contributed by atoms with Gasteiger partial charge >= 0.3 is 0 Å². The number of para-hydroxylation sites is 1. The molecule has 0 fully saturated rings. The Balaban J connectivity index is 2.78. The first-order valence-corrected chi connectivity index (χ1v) is 5.50. The molecule has 1 heterocycles. The van der Waals surface area contributed by atoms with Crippen molar-refractivity contribution in [1.82, 2.24) is 4.98 Å². The van der Waals surface area contributed by atoms with Gasteiger partial charge in [-0.15, -0.1) is 0 Å². The van der Waals surface area contributed by atoms with Gasteiger partial charge < -0.3 is 0 Å². The van der Waals surface area contributed by atoms with Crippen LogP contribution in [0.15, 0.2) is 30.3 Å². The van der Waals surface area contributed by atoms with E-state index in [9.17, 15) is 4.79 Å². The van der Waals surface area contributed by atoms with Gasteiger partial charge in [0, 0.05) is 12.3 Å². The zero-order valence-corrected chi connectivity index (χ0v) is 9.82. The molecule has 1 aromatic carbocycles. The lowest BCUT2D eigenvalue weighted by Crippen LogP contribution is -2.01. The van der Waals surface area contributed by atoms with Gasteiger partial charge in [0.2, 0.25) is 0 Å². The van der Waals surface area contributed by atoms with Crippen molar-refractivity contribution >= 4 is 16.7 Å². The summed E-state index contributed by atoms with van der Waals surface area (Å²) in [6.07, 6.45) is 0. The zero-order valence-electron chi connectivity index (χ0n) is 9.82. The number of Topliss-reactive ketones (excluding diaryl/α,β-unsaturated/α-hetero) is 1. The summed E-state index contributed by atoms with van der Waals surface area (Å²) in [5.41, 5.74) is 2.65. The summed E-state index contributed by atoms with van der Waals surface area (Å²) in [6.45, 7) is 5.82. The molecule has 0 aliphatic carbocycles. The van der Waals surface area contributed by atoms with Crippen LogP contribution in [0.5, 0.6) is 0 Å². The zero-order chi connectivity index (χ0) is 11.7. The molecule has 0 unspecified atom stereocenters. The van der Waals surface area contributed by atoms with E-state index in [1.54, 1.807) is 6.92 Å². The van der Waals surface area contributed by atoms with Crippen molar-refractivity contribution in [3.63, 3.8) is 0 Å². The molecule has 2 nitrogen and oxygen atoms in total. The number of pyridine rings is 1. The van der Waals surface area contributed by atoms with E-state index in [0.29, 0.717) is 11.6 Å². The average Bonchev–Trinajstić information content (AvgIpc) is 2.27. The van der Waals surface area contributed by atoms with Gasteiger partial charge in [0.1, 0.15) is 5.69 Å². The van der Waals surface area contributed by atoms with Gasteiger partial charge in [-0.1, -0.05) is 32.0 Å². The summed E-state index contributed by atoms with van der Waals surface area (Å²) in [4.78, 5) is 15.8. The maximum absolute atomic E-state index is 11.4. The van der Waals surface area contributed by atoms with Crippen LogP contribution in [0.1, 0.15) is 42.7 Å². The standard InChI is InChI=1S/C14H15NO/c1-9(2)12-8-14(10(3)16)15-13-7-5-4-6-11(12)13/h4-9H,1-3H3. The fourth-order valence-corrected chi connectivity index (χ4v) is 1.86. The van der Waals surface area contributed by atoms with Crippen LogP contribution in [0.2, 0.25) is 0 Å². The van der Waals surface area contributed by atoms with Crippen molar-refractivity contribution in [1.29, 1.82) is 0 Å². The van der Waals surface area contributed by atoms with Gasteiger partial charge in [-0.3, -0.25) is 4.79 Å². The maximum atomic E-state index is 11.4. The number of fused-ring (bicyclic) bond motifs is 1. The molecule has 0 amide bonds. The number of carbonyl (C=O) groups is 1. The van der Waals surface area contributed by atoms with Gasteiger partial charge in [-0.2, -0.15) is 0 Å². The number of nitrogens with zero attached hydrogens (tertiary/aromatic N) is 1. The Morgan fingerprint density at radius 2 is 1.94 bits per heavy atom. The summed E-state index contributed by atoms with van der Waals surface area (Å²) in [5, 5.41) is 1.14. The lowest BCUT2D eigenvalue weighted by molar-refractivity contribution is 0.101. The van der Waals surface area contributed by atoms with Crippen molar-refractivity contribution in [2.24, 2.45) is 0 Å². The molecule has 0 aliphatic heterocycles. The Hall–Kier alpha value is -1.70. The quantitative estimate of drug-likeness (QED) is 0.714. The van der Waals surface area contributed by atoms with Crippen LogP contribution >= 0.6 is 0 Å². The highest BCUT2D eigenvalue weighted by atomic mass is 16.1. The van der Waals surface area contributed by atoms with E-state index in [-0.39, 0.29) is 5.78 Å². The topological polar surface area (TPSA) is 30.0 Å². The summed E-state index contributed by atoms with van der Waals surface area (Å²) in [5.74, 6) is 0.415. The molecule has 1 aromatic heterocycles. The Labute approximate surface area is 95.3 Å². The van der Waals surface area contributed by atoms with E-state index in [0.717, 1.165) is 10.9 Å². The van der Waals surface area contributed by atoms with Crippen LogP contribution in [0.3, 0.4) is 0 Å². The van der Waals surface area contributed by atoms with Crippen LogP contribution in [-0.4, -0.2) is 10.8 Å². The first kappa shape index (κ1) is 10.8. The molecular weight excluding hydrogens is 198 g/mol. The molecule has 2 heteroatoms. The molecule has 0 bridgehead atoms. The van der Waals surface area contributed by atoms with Crippen LogP contribution in [0.4, 0.5) is 0 Å². The van der Waals surface area contributed by atoms with Crippen molar-refractivity contribution < 1.29 is 4.79 Å². The van der Waals surface area contributed by atoms with Gasteiger partial charge in [0.05, 0.1) is 5.52 Å². The predicted octanol–water partition coefficient (Wildman–Crippen LogP) is 3.56. The minimum atomic E-state index is 0.0210. The van der Waals surface area contributed by atoms with Crippen molar-refractivity contribution in [2.75, 3.05) is 0 Å².